The van der Waals surface area contributed by atoms with E-state index in [-0.39, 0.29) is 23.8 Å². The minimum atomic E-state index is -0.162. The molecule has 1 N–H and O–H groups in total. The van der Waals surface area contributed by atoms with Gasteiger partial charge in [-0.15, -0.1) is 0 Å². The van der Waals surface area contributed by atoms with E-state index in [1.807, 2.05) is 30.0 Å². The fraction of sp³-hybridized carbons (Fsp3) is 0.481. The molecular weight excluding hydrogens is 452 g/mol. The molecule has 2 aromatic rings. The lowest BCUT2D eigenvalue weighted by atomic mass is 9.94. The van der Waals surface area contributed by atoms with E-state index in [4.69, 9.17) is 21.1 Å². The van der Waals surface area contributed by atoms with Gasteiger partial charge in [-0.25, -0.2) is 0 Å². The van der Waals surface area contributed by atoms with Crippen LogP contribution < -0.4 is 14.8 Å². The number of rotatable bonds is 10. The highest BCUT2D eigenvalue weighted by atomic mass is 35.5. The molecule has 0 spiro atoms. The van der Waals surface area contributed by atoms with Crippen LogP contribution in [0.3, 0.4) is 0 Å². The molecule has 3 rings (SSSR count). The van der Waals surface area contributed by atoms with Crippen LogP contribution in [-0.4, -0.2) is 43.0 Å². The van der Waals surface area contributed by atoms with Crippen LogP contribution in [0.15, 0.2) is 42.5 Å². The van der Waals surface area contributed by atoms with Crippen molar-refractivity contribution < 1.29 is 19.1 Å². The van der Waals surface area contributed by atoms with Crippen LogP contribution in [0.25, 0.3) is 0 Å². The maximum absolute atomic E-state index is 12.9. The summed E-state index contributed by atoms with van der Waals surface area (Å²) in [4.78, 5) is 27.5. The molecule has 0 aromatic heterocycles. The summed E-state index contributed by atoms with van der Waals surface area (Å²) in [6, 6.07) is 12.6. The lowest BCUT2D eigenvalue weighted by molar-refractivity contribution is -0.127. The van der Waals surface area contributed by atoms with Crippen molar-refractivity contribution in [2.45, 2.75) is 52.5 Å². The zero-order chi connectivity index (χ0) is 24.5. The van der Waals surface area contributed by atoms with Gasteiger partial charge in [-0.2, -0.15) is 0 Å². The maximum atomic E-state index is 12.9. The monoisotopic (exact) mass is 486 g/mol. The Hall–Kier alpha value is -2.73. The lowest BCUT2D eigenvalue weighted by Crippen LogP contribution is -2.43. The molecular formula is C27H35ClN2O4. The van der Waals surface area contributed by atoms with E-state index in [9.17, 15) is 9.59 Å². The predicted molar refractivity (Wildman–Crippen MR) is 135 cm³/mol. The van der Waals surface area contributed by atoms with Crippen LogP contribution in [0, 0.1) is 5.92 Å². The quantitative estimate of drug-likeness (QED) is 0.471. The van der Waals surface area contributed by atoms with Gasteiger partial charge in [-0.3, -0.25) is 9.59 Å². The van der Waals surface area contributed by atoms with Crippen LogP contribution in [-0.2, 0) is 4.79 Å². The topological polar surface area (TPSA) is 67.9 Å². The number of piperidine rings is 1. The fourth-order valence-corrected chi connectivity index (χ4v) is 4.11. The van der Waals surface area contributed by atoms with Crippen LogP contribution in [0.2, 0.25) is 5.02 Å². The molecule has 34 heavy (non-hydrogen) atoms. The summed E-state index contributed by atoms with van der Waals surface area (Å²) in [6.07, 6.45) is 3.12. The number of hydrogen-bond acceptors (Lipinski definition) is 4. The second-order valence-corrected chi connectivity index (χ2v) is 9.14. The smallest absolute Gasteiger partial charge is 0.253 e. The van der Waals surface area contributed by atoms with Gasteiger partial charge in [0, 0.05) is 29.6 Å². The van der Waals surface area contributed by atoms with E-state index < -0.39 is 0 Å². The van der Waals surface area contributed by atoms with Gasteiger partial charge < -0.3 is 19.7 Å². The average Bonchev–Trinajstić information content (AvgIpc) is 2.86. The van der Waals surface area contributed by atoms with Crippen LogP contribution in [0.1, 0.15) is 68.4 Å². The summed E-state index contributed by atoms with van der Waals surface area (Å²) in [6.45, 7) is 8.47. The number of benzene rings is 2. The summed E-state index contributed by atoms with van der Waals surface area (Å²) >= 11 is 5.92. The Kier molecular flexibility index (Phi) is 9.63. The number of hydrogen-bond donors (Lipinski definition) is 1. The second kappa shape index (κ2) is 12.7. The van der Waals surface area contributed by atoms with Gasteiger partial charge in [-0.1, -0.05) is 31.5 Å². The molecule has 0 saturated carbocycles. The molecule has 2 aromatic carbocycles. The van der Waals surface area contributed by atoms with E-state index >= 15 is 0 Å². The van der Waals surface area contributed by atoms with Gasteiger partial charge in [0.2, 0.25) is 5.91 Å². The molecule has 0 bridgehead atoms. The minimum absolute atomic E-state index is 0.0196. The lowest BCUT2D eigenvalue weighted by Gasteiger charge is -2.32. The molecule has 1 unspecified atom stereocenters. The van der Waals surface area contributed by atoms with Crippen LogP contribution >= 0.6 is 11.6 Å². The molecule has 1 atom stereocenters. The standard InChI is InChI=1S/C27H35ClN2O4/c1-4-16-33-24-11-8-22(18-25(24)34-17-5-2)19(3)29-26(31)20-12-14-30(15-13-20)27(32)21-6-9-23(28)10-7-21/h6-11,18-20H,4-5,12-17H2,1-3H3,(H,29,31). The first-order valence-corrected chi connectivity index (χ1v) is 12.6. The molecule has 1 aliphatic rings. The minimum Gasteiger partial charge on any atom is -0.490 e. The summed E-state index contributed by atoms with van der Waals surface area (Å²) in [5, 5.41) is 3.75. The Morgan fingerprint density at radius 3 is 2.24 bits per heavy atom. The number of carbonyl (C=O) groups is 2. The predicted octanol–water partition coefficient (Wildman–Crippen LogP) is 5.65. The Balaban J connectivity index is 1.56. The molecule has 0 aliphatic carbocycles. The Morgan fingerprint density at radius 1 is 1.00 bits per heavy atom. The number of amides is 2. The van der Waals surface area contributed by atoms with Crippen LogP contribution in [0.4, 0.5) is 0 Å². The first kappa shape index (κ1) is 25.9. The number of ether oxygens (including phenoxy) is 2. The van der Waals surface area contributed by atoms with Crippen molar-refractivity contribution in [1.82, 2.24) is 10.2 Å². The largest absolute Gasteiger partial charge is 0.490 e. The van der Waals surface area contributed by atoms with E-state index in [0.717, 1.165) is 24.2 Å². The highest BCUT2D eigenvalue weighted by Crippen LogP contribution is 2.31. The zero-order valence-corrected chi connectivity index (χ0v) is 21.1. The first-order chi connectivity index (χ1) is 16.4. The maximum Gasteiger partial charge on any atom is 0.253 e. The molecule has 1 aliphatic heterocycles. The molecule has 2 amide bonds. The number of carbonyl (C=O) groups excluding carboxylic acids is 2. The second-order valence-electron chi connectivity index (χ2n) is 8.71. The van der Waals surface area contributed by atoms with Crippen molar-refractivity contribution in [2.75, 3.05) is 26.3 Å². The van der Waals surface area contributed by atoms with Gasteiger partial charge in [0.05, 0.1) is 19.3 Å². The highest BCUT2D eigenvalue weighted by Gasteiger charge is 2.28. The molecule has 0 radical (unpaired) electrons. The molecule has 1 heterocycles. The number of nitrogens with one attached hydrogen (secondary N) is 1. The van der Waals surface area contributed by atoms with Gasteiger partial charge in [0.25, 0.3) is 5.91 Å². The Labute approximate surface area is 207 Å². The van der Waals surface area contributed by atoms with E-state index in [0.29, 0.717) is 55.5 Å². The van der Waals surface area contributed by atoms with E-state index in [1.165, 1.54) is 0 Å². The summed E-state index contributed by atoms with van der Waals surface area (Å²) in [7, 11) is 0. The van der Waals surface area contributed by atoms with Crippen molar-refractivity contribution >= 4 is 23.4 Å². The van der Waals surface area contributed by atoms with Gasteiger partial charge in [-0.05, 0) is 74.6 Å². The fourth-order valence-electron chi connectivity index (χ4n) is 3.98. The summed E-state index contributed by atoms with van der Waals surface area (Å²) in [5.41, 5.74) is 1.59. The third-order valence-electron chi connectivity index (χ3n) is 5.99. The van der Waals surface area contributed by atoms with Crippen molar-refractivity contribution in [3.63, 3.8) is 0 Å². The van der Waals surface area contributed by atoms with Gasteiger partial charge in [0.15, 0.2) is 11.5 Å². The average molecular weight is 487 g/mol. The Morgan fingerprint density at radius 2 is 1.62 bits per heavy atom. The molecule has 184 valence electrons. The third-order valence-corrected chi connectivity index (χ3v) is 6.25. The number of halogens is 1. The number of nitrogens with zero attached hydrogens (tertiary/aromatic N) is 1. The molecule has 6 nitrogen and oxygen atoms in total. The summed E-state index contributed by atoms with van der Waals surface area (Å²) in [5.74, 6) is 1.33. The third kappa shape index (κ3) is 6.89. The molecule has 1 saturated heterocycles. The van der Waals surface area contributed by atoms with Crippen LogP contribution in [0.5, 0.6) is 11.5 Å². The van der Waals surface area contributed by atoms with Crippen molar-refractivity contribution in [3.05, 3.63) is 58.6 Å². The van der Waals surface area contributed by atoms with Crippen molar-refractivity contribution in [1.29, 1.82) is 0 Å². The van der Waals surface area contributed by atoms with E-state index in [1.54, 1.807) is 24.3 Å². The molecule has 1 fully saturated rings. The van der Waals surface area contributed by atoms with Crippen molar-refractivity contribution in [3.8, 4) is 11.5 Å². The Bertz CT molecular complexity index is 956. The zero-order valence-electron chi connectivity index (χ0n) is 20.3. The van der Waals surface area contributed by atoms with Gasteiger partial charge in [0.1, 0.15) is 0 Å². The summed E-state index contributed by atoms with van der Waals surface area (Å²) < 4.78 is 11.7. The SMILES string of the molecule is CCCOc1ccc(C(C)NC(=O)C2CCN(C(=O)c3ccc(Cl)cc3)CC2)cc1OCCC. The molecule has 7 heteroatoms. The van der Waals surface area contributed by atoms with E-state index in [2.05, 4.69) is 19.2 Å². The highest BCUT2D eigenvalue weighted by molar-refractivity contribution is 6.30. The van der Waals surface area contributed by atoms with Crippen molar-refractivity contribution in [2.24, 2.45) is 5.92 Å². The first-order valence-electron chi connectivity index (χ1n) is 12.2. The number of likely N-dealkylation sites (tertiary alicyclic amines) is 1. The normalized spacial score (nSPS) is 15.0. The van der Waals surface area contributed by atoms with Gasteiger partial charge >= 0.3 is 0 Å².